The van der Waals surface area contributed by atoms with Crippen molar-refractivity contribution in [2.24, 2.45) is 0 Å². The van der Waals surface area contributed by atoms with Crippen LogP contribution in [-0.4, -0.2) is 82.3 Å². The fraction of sp³-hybridized carbons (Fsp3) is 0.579. The van der Waals surface area contributed by atoms with Crippen LogP contribution in [0, 0.1) is 6.92 Å². The molecular formula is C19H27N5O. The Morgan fingerprint density at radius 3 is 2.48 bits per heavy atom. The van der Waals surface area contributed by atoms with Gasteiger partial charge in [-0.1, -0.05) is 6.07 Å². The summed E-state index contributed by atoms with van der Waals surface area (Å²) >= 11 is 0. The largest absolute Gasteiger partial charge is 0.335 e. The molecule has 25 heavy (non-hydrogen) atoms. The number of fused-ring (bicyclic) bond motifs is 1. The highest BCUT2D eigenvalue weighted by atomic mass is 16.2. The number of piperidine rings is 1. The van der Waals surface area contributed by atoms with Crippen LogP contribution in [0.2, 0.25) is 0 Å². The molecule has 2 aliphatic heterocycles. The molecule has 0 aromatic carbocycles. The SMILES string of the molecule is Cc1ccc2nc(C(=O)N3CCN(C4CCN(C)CC4)CC3)cn2c1. The van der Waals surface area contributed by atoms with Crippen molar-refractivity contribution >= 4 is 11.6 Å². The molecule has 2 fully saturated rings. The van der Waals surface area contributed by atoms with Gasteiger partial charge in [-0.15, -0.1) is 0 Å². The van der Waals surface area contributed by atoms with E-state index in [1.165, 1.54) is 25.9 Å². The highest BCUT2D eigenvalue weighted by molar-refractivity contribution is 5.93. The second-order valence-electron chi connectivity index (χ2n) is 7.46. The summed E-state index contributed by atoms with van der Waals surface area (Å²) in [5.41, 5.74) is 2.55. The lowest BCUT2D eigenvalue weighted by Crippen LogP contribution is -2.54. The van der Waals surface area contributed by atoms with Crippen LogP contribution in [0.1, 0.15) is 28.9 Å². The van der Waals surface area contributed by atoms with Gasteiger partial charge in [-0.25, -0.2) is 4.98 Å². The Kier molecular flexibility index (Phi) is 4.48. The second kappa shape index (κ2) is 6.77. The van der Waals surface area contributed by atoms with Gasteiger partial charge in [0.15, 0.2) is 0 Å². The van der Waals surface area contributed by atoms with E-state index in [4.69, 9.17) is 0 Å². The Morgan fingerprint density at radius 1 is 1.04 bits per heavy atom. The molecule has 6 heteroatoms. The Labute approximate surface area is 149 Å². The first kappa shape index (κ1) is 16.5. The molecule has 0 aliphatic carbocycles. The molecule has 2 aliphatic rings. The molecule has 0 atom stereocenters. The van der Waals surface area contributed by atoms with Crippen LogP contribution in [0.5, 0.6) is 0 Å². The van der Waals surface area contributed by atoms with Gasteiger partial charge < -0.3 is 14.2 Å². The monoisotopic (exact) mass is 341 g/mol. The number of nitrogens with zero attached hydrogens (tertiary/aromatic N) is 5. The van der Waals surface area contributed by atoms with Crippen molar-refractivity contribution in [1.82, 2.24) is 24.1 Å². The molecule has 1 amide bonds. The Hall–Kier alpha value is -1.92. The highest BCUT2D eigenvalue weighted by Gasteiger charge is 2.29. The van der Waals surface area contributed by atoms with E-state index in [2.05, 4.69) is 21.8 Å². The van der Waals surface area contributed by atoms with E-state index in [1.807, 2.05) is 40.8 Å². The van der Waals surface area contributed by atoms with Crippen molar-refractivity contribution < 1.29 is 4.79 Å². The summed E-state index contributed by atoms with van der Waals surface area (Å²) in [5, 5.41) is 0. The number of imidazole rings is 1. The molecular weight excluding hydrogens is 314 g/mol. The third-order valence-corrected chi connectivity index (χ3v) is 5.62. The van der Waals surface area contributed by atoms with E-state index < -0.39 is 0 Å². The summed E-state index contributed by atoms with van der Waals surface area (Å²) in [6.45, 7) is 7.98. The summed E-state index contributed by atoms with van der Waals surface area (Å²) in [6.07, 6.45) is 6.36. The van der Waals surface area contributed by atoms with Crippen molar-refractivity contribution in [2.75, 3.05) is 46.3 Å². The number of aryl methyl sites for hydroxylation is 1. The molecule has 2 aromatic heterocycles. The molecule has 134 valence electrons. The van der Waals surface area contributed by atoms with Gasteiger partial charge in [-0.05, 0) is 51.5 Å². The van der Waals surface area contributed by atoms with Gasteiger partial charge in [0.25, 0.3) is 5.91 Å². The maximum atomic E-state index is 12.8. The summed E-state index contributed by atoms with van der Waals surface area (Å²) in [7, 11) is 2.20. The van der Waals surface area contributed by atoms with E-state index in [-0.39, 0.29) is 5.91 Å². The second-order valence-corrected chi connectivity index (χ2v) is 7.46. The van der Waals surface area contributed by atoms with Gasteiger partial charge in [0, 0.05) is 44.6 Å². The molecule has 2 saturated heterocycles. The maximum absolute atomic E-state index is 12.8. The summed E-state index contributed by atoms with van der Waals surface area (Å²) in [4.78, 5) is 24.2. The van der Waals surface area contributed by atoms with Crippen molar-refractivity contribution in [3.63, 3.8) is 0 Å². The number of amides is 1. The van der Waals surface area contributed by atoms with Crippen LogP contribution in [0.25, 0.3) is 5.65 Å². The molecule has 2 aromatic rings. The van der Waals surface area contributed by atoms with Crippen LogP contribution in [0.4, 0.5) is 0 Å². The van der Waals surface area contributed by atoms with E-state index in [0.29, 0.717) is 11.7 Å². The fourth-order valence-electron chi connectivity index (χ4n) is 4.02. The topological polar surface area (TPSA) is 44.1 Å². The van der Waals surface area contributed by atoms with Crippen LogP contribution >= 0.6 is 0 Å². The zero-order valence-electron chi connectivity index (χ0n) is 15.2. The maximum Gasteiger partial charge on any atom is 0.274 e. The van der Waals surface area contributed by atoms with E-state index in [1.54, 1.807) is 0 Å². The number of rotatable bonds is 2. The first-order valence-corrected chi connectivity index (χ1v) is 9.27. The minimum atomic E-state index is 0.0596. The fourth-order valence-corrected chi connectivity index (χ4v) is 4.02. The van der Waals surface area contributed by atoms with Crippen molar-refractivity contribution in [3.05, 3.63) is 35.8 Å². The minimum absolute atomic E-state index is 0.0596. The number of hydrogen-bond donors (Lipinski definition) is 0. The Bertz CT molecular complexity index is 754. The normalized spacial score (nSPS) is 21.1. The average Bonchev–Trinajstić information content (AvgIpc) is 3.05. The van der Waals surface area contributed by atoms with Gasteiger partial charge in [-0.3, -0.25) is 9.69 Å². The van der Waals surface area contributed by atoms with Crippen molar-refractivity contribution in [1.29, 1.82) is 0 Å². The van der Waals surface area contributed by atoms with Crippen LogP contribution in [0.3, 0.4) is 0 Å². The Morgan fingerprint density at radius 2 is 1.76 bits per heavy atom. The number of pyridine rings is 1. The number of piperazine rings is 1. The molecule has 0 radical (unpaired) electrons. The van der Waals surface area contributed by atoms with Gasteiger partial charge in [-0.2, -0.15) is 0 Å². The van der Waals surface area contributed by atoms with Gasteiger partial charge in [0.1, 0.15) is 11.3 Å². The lowest BCUT2D eigenvalue weighted by molar-refractivity contribution is 0.0471. The molecule has 0 saturated carbocycles. The van der Waals surface area contributed by atoms with E-state index in [0.717, 1.165) is 37.4 Å². The Balaban J connectivity index is 1.38. The third kappa shape index (κ3) is 3.41. The molecule has 4 rings (SSSR count). The molecule has 0 bridgehead atoms. The van der Waals surface area contributed by atoms with Gasteiger partial charge in [0.2, 0.25) is 0 Å². The van der Waals surface area contributed by atoms with Crippen molar-refractivity contribution in [2.45, 2.75) is 25.8 Å². The molecule has 6 nitrogen and oxygen atoms in total. The van der Waals surface area contributed by atoms with Crippen LogP contribution < -0.4 is 0 Å². The summed E-state index contributed by atoms with van der Waals surface area (Å²) < 4.78 is 1.94. The van der Waals surface area contributed by atoms with Crippen molar-refractivity contribution in [3.8, 4) is 0 Å². The number of aromatic nitrogens is 2. The summed E-state index contributed by atoms with van der Waals surface area (Å²) in [6, 6.07) is 4.67. The van der Waals surface area contributed by atoms with E-state index >= 15 is 0 Å². The van der Waals surface area contributed by atoms with E-state index in [9.17, 15) is 4.79 Å². The predicted octanol–water partition coefficient (Wildman–Crippen LogP) is 1.49. The average molecular weight is 341 g/mol. The predicted molar refractivity (Wildman–Crippen MR) is 97.9 cm³/mol. The molecule has 0 N–H and O–H groups in total. The lowest BCUT2D eigenvalue weighted by atomic mass is 10.0. The lowest BCUT2D eigenvalue weighted by Gasteiger charge is -2.42. The standard InChI is InChI=1S/C19H27N5O/c1-15-3-4-18-20-17(14-24(18)13-15)19(25)23-11-9-22(10-12-23)16-5-7-21(2)8-6-16/h3-4,13-14,16H,5-12H2,1-2H3. The zero-order valence-corrected chi connectivity index (χ0v) is 15.2. The van der Waals surface area contributed by atoms with Crippen LogP contribution in [-0.2, 0) is 0 Å². The molecule has 0 unspecified atom stereocenters. The quantitative estimate of drug-likeness (QED) is 0.830. The first-order valence-electron chi connectivity index (χ1n) is 9.27. The van der Waals surface area contributed by atoms with Crippen LogP contribution in [0.15, 0.2) is 24.5 Å². The third-order valence-electron chi connectivity index (χ3n) is 5.62. The highest BCUT2D eigenvalue weighted by Crippen LogP contribution is 2.18. The smallest absolute Gasteiger partial charge is 0.274 e. The molecule has 0 spiro atoms. The number of carbonyl (C=O) groups is 1. The number of hydrogen-bond acceptors (Lipinski definition) is 4. The zero-order chi connectivity index (χ0) is 17.4. The number of likely N-dealkylation sites (tertiary alicyclic amines) is 1. The first-order chi connectivity index (χ1) is 12.1. The summed E-state index contributed by atoms with van der Waals surface area (Å²) in [5.74, 6) is 0.0596. The molecule has 4 heterocycles. The minimum Gasteiger partial charge on any atom is -0.335 e. The number of carbonyl (C=O) groups excluding carboxylic acids is 1. The van der Waals surface area contributed by atoms with Gasteiger partial charge >= 0.3 is 0 Å². The van der Waals surface area contributed by atoms with Gasteiger partial charge in [0.05, 0.1) is 0 Å².